The Balaban J connectivity index is 1.64. The number of nitrogens with two attached hydrogens (primary N) is 1. The van der Waals surface area contributed by atoms with E-state index in [1.165, 1.54) is 18.3 Å². The number of thiazole rings is 1. The van der Waals surface area contributed by atoms with Crippen molar-refractivity contribution >= 4 is 33.0 Å². The summed E-state index contributed by atoms with van der Waals surface area (Å²) in [6.45, 7) is 1.77. The van der Waals surface area contributed by atoms with Crippen LogP contribution in [0.4, 0.5) is 24.8 Å². The highest BCUT2D eigenvalue weighted by Gasteiger charge is 2.27. The summed E-state index contributed by atoms with van der Waals surface area (Å²) >= 11 is 1.14. The molecule has 0 aliphatic carbocycles. The SMILES string of the molecule is Cc1ccc(-c2nc(-c3cccc(NS(=O)(=O)c4c(F)cccc4F)c3F)c(-c3ccnc(N)n3)s2)nn1. The Hall–Kier alpha value is -4.43. The summed E-state index contributed by atoms with van der Waals surface area (Å²) in [5.74, 6) is -3.68. The highest BCUT2D eigenvalue weighted by atomic mass is 32.2. The maximum atomic E-state index is 15.8. The van der Waals surface area contributed by atoms with Crippen molar-refractivity contribution in [3.05, 3.63) is 83.9 Å². The van der Waals surface area contributed by atoms with Crippen molar-refractivity contribution in [2.75, 3.05) is 10.5 Å². The average molecular weight is 556 g/mol. The van der Waals surface area contributed by atoms with E-state index >= 15 is 4.39 Å². The van der Waals surface area contributed by atoms with Crippen LogP contribution in [0.2, 0.25) is 0 Å². The summed E-state index contributed by atoms with van der Waals surface area (Å²) in [6.07, 6.45) is 1.43. The van der Waals surface area contributed by atoms with Gasteiger partial charge in [-0.25, -0.2) is 36.5 Å². The van der Waals surface area contributed by atoms with E-state index in [1.54, 1.807) is 25.1 Å². The van der Waals surface area contributed by atoms with Crippen molar-refractivity contribution in [3.63, 3.8) is 0 Å². The van der Waals surface area contributed by atoms with E-state index in [4.69, 9.17) is 5.73 Å². The number of aryl methyl sites for hydroxylation is 1. The Labute approximate surface area is 218 Å². The molecule has 192 valence electrons. The minimum absolute atomic E-state index is 0.0209. The number of nitrogens with one attached hydrogen (secondary N) is 1. The maximum Gasteiger partial charge on any atom is 0.267 e. The van der Waals surface area contributed by atoms with Gasteiger partial charge < -0.3 is 5.73 Å². The molecule has 5 aromatic rings. The first kappa shape index (κ1) is 25.2. The van der Waals surface area contributed by atoms with Gasteiger partial charge in [-0.1, -0.05) is 12.1 Å². The predicted molar refractivity (Wildman–Crippen MR) is 136 cm³/mol. The lowest BCUT2D eigenvalue weighted by Gasteiger charge is -2.12. The van der Waals surface area contributed by atoms with E-state index in [-0.39, 0.29) is 17.2 Å². The second kappa shape index (κ2) is 9.79. The Kier molecular flexibility index (Phi) is 6.50. The first-order chi connectivity index (χ1) is 18.1. The average Bonchev–Trinajstić information content (AvgIpc) is 3.31. The Morgan fingerprint density at radius 2 is 1.63 bits per heavy atom. The zero-order valence-corrected chi connectivity index (χ0v) is 21.0. The van der Waals surface area contributed by atoms with Crippen LogP contribution in [0.15, 0.2) is 65.7 Å². The van der Waals surface area contributed by atoms with Gasteiger partial charge in [0, 0.05) is 11.8 Å². The molecule has 0 spiro atoms. The third-order valence-electron chi connectivity index (χ3n) is 5.24. The van der Waals surface area contributed by atoms with E-state index < -0.39 is 38.1 Å². The van der Waals surface area contributed by atoms with Gasteiger partial charge in [-0.05, 0) is 49.4 Å². The lowest BCUT2D eigenvalue weighted by Crippen LogP contribution is -2.17. The van der Waals surface area contributed by atoms with Gasteiger partial charge in [0.2, 0.25) is 5.95 Å². The second-order valence-corrected chi connectivity index (χ2v) is 10.5. The maximum absolute atomic E-state index is 15.8. The quantitative estimate of drug-likeness (QED) is 0.304. The van der Waals surface area contributed by atoms with Crippen LogP contribution in [0.5, 0.6) is 0 Å². The van der Waals surface area contributed by atoms with E-state index in [9.17, 15) is 17.2 Å². The second-order valence-electron chi connectivity index (χ2n) is 7.88. The summed E-state index contributed by atoms with van der Waals surface area (Å²) in [6, 6.07) is 11.5. The molecule has 3 aromatic heterocycles. The van der Waals surface area contributed by atoms with Crippen LogP contribution < -0.4 is 10.5 Å². The fourth-order valence-electron chi connectivity index (χ4n) is 3.53. The van der Waals surface area contributed by atoms with Crippen LogP contribution in [-0.4, -0.2) is 33.6 Å². The summed E-state index contributed by atoms with van der Waals surface area (Å²) in [7, 11) is -4.82. The standard InChI is InChI=1S/C24H16F3N7O2S2/c1-12-8-9-18(33-32-12)23-31-20(21(37-23)17-10-11-29-24(28)30-17)13-4-2-7-16(19(13)27)34-38(35,36)22-14(25)5-3-6-15(22)26/h2-11,34H,1H3,(H2,28,29,30). The first-order valence-corrected chi connectivity index (χ1v) is 13.1. The normalized spacial score (nSPS) is 11.5. The Morgan fingerprint density at radius 3 is 2.32 bits per heavy atom. The number of hydrogen-bond donors (Lipinski definition) is 2. The van der Waals surface area contributed by atoms with E-state index in [0.717, 1.165) is 35.6 Å². The van der Waals surface area contributed by atoms with Gasteiger partial charge in [-0.15, -0.1) is 16.4 Å². The molecule has 9 nitrogen and oxygen atoms in total. The number of rotatable bonds is 6. The molecule has 0 atom stereocenters. The summed E-state index contributed by atoms with van der Waals surface area (Å²) in [4.78, 5) is 11.8. The number of benzene rings is 2. The van der Waals surface area contributed by atoms with Crippen molar-refractivity contribution in [3.8, 4) is 32.5 Å². The van der Waals surface area contributed by atoms with Crippen molar-refractivity contribution in [2.45, 2.75) is 11.8 Å². The fraction of sp³-hybridized carbons (Fsp3) is 0.0417. The molecule has 0 bridgehead atoms. The molecule has 3 N–H and O–H groups in total. The smallest absolute Gasteiger partial charge is 0.267 e. The first-order valence-electron chi connectivity index (χ1n) is 10.8. The van der Waals surface area contributed by atoms with E-state index in [1.807, 2.05) is 4.72 Å². The summed E-state index contributed by atoms with van der Waals surface area (Å²) in [5, 5.41) is 8.55. The third kappa shape index (κ3) is 4.78. The van der Waals surface area contributed by atoms with Crippen LogP contribution in [0.25, 0.3) is 32.5 Å². The van der Waals surface area contributed by atoms with Crippen molar-refractivity contribution in [1.29, 1.82) is 0 Å². The Morgan fingerprint density at radius 1 is 0.895 bits per heavy atom. The Bertz CT molecular complexity index is 1760. The molecule has 0 amide bonds. The molecule has 5 rings (SSSR count). The fourth-order valence-corrected chi connectivity index (χ4v) is 5.74. The number of aromatic nitrogens is 5. The van der Waals surface area contributed by atoms with Gasteiger partial charge in [0.1, 0.15) is 22.3 Å². The third-order valence-corrected chi connectivity index (χ3v) is 7.75. The molecule has 0 saturated heterocycles. The van der Waals surface area contributed by atoms with Gasteiger partial charge >= 0.3 is 0 Å². The number of nitrogens with zero attached hydrogens (tertiary/aromatic N) is 5. The minimum atomic E-state index is -4.82. The van der Waals surface area contributed by atoms with Crippen molar-refractivity contribution in [2.24, 2.45) is 0 Å². The predicted octanol–water partition coefficient (Wildman–Crippen LogP) is 4.83. The van der Waals surface area contributed by atoms with Gasteiger partial charge in [0.25, 0.3) is 10.0 Å². The monoisotopic (exact) mass is 555 g/mol. The molecule has 0 radical (unpaired) electrons. The van der Waals surface area contributed by atoms with E-state index in [2.05, 4.69) is 25.1 Å². The van der Waals surface area contributed by atoms with Crippen LogP contribution >= 0.6 is 11.3 Å². The lowest BCUT2D eigenvalue weighted by molar-refractivity contribution is 0.521. The van der Waals surface area contributed by atoms with Gasteiger partial charge in [0.05, 0.1) is 27.6 Å². The number of hydrogen-bond acceptors (Lipinski definition) is 9. The molecule has 38 heavy (non-hydrogen) atoms. The van der Waals surface area contributed by atoms with Crippen LogP contribution in [0.1, 0.15) is 5.69 Å². The minimum Gasteiger partial charge on any atom is -0.368 e. The molecule has 14 heteroatoms. The van der Waals surface area contributed by atoms with Gasteiger partial charge in [0.15, 0.2) is 10.7 Å². The number of nitrogen functional groups attached to an aromatic ring is 1. The zero-order chi connectivity index (χ0) is 27.0. The highest BCUT2D eigenvalue weighted by Crippen LogP contribution is 2.41. The number of halogens is 3. The largest absolute Gasteiger partial charge is 0.368 e. The van der Waals surface area contributed by atoms with Crippen LogP contribution in [0, 0.1) is 24.4 Å². The number of anilines is 2. The van der Waals surface area contributed by atoms with E-state index in [0.29, 0.717) is 27.0 Å². The molecular weight excluding hydrogens is 539 g/mol. The molecule has 0 unspecified atom stereocenters. The molecule has 0 aliphatic heterocycles. The summed E-state index contributed by atoms with van der Waals surface area (Å²) in [5.41, 5.74) is 6.67. The molecule has 0 saturated carbocycles. The van der Waals surface area contributed by atoms with Crippen molar-refractivity contribution in [1.82, 2.24) is 25.1 Å². The topological polar surface area (TPSA) is 137 Å². The molecule has 0 aliphatic rings. The summed E-state index contributed by atoms with van der Waals surface area (Å²) < 4.78 is 71.6. The highest BCUT2D eigenvalue weighted by molar-refractivity contribution is 7.92. The lowest BCUT2D eigenvalue weighted by atomic mass is 10.1. The zero-order valence-electron chi connectivity index (χ0n) is 19.4. The van der Waals surface area contributed by atoms with Gasteiger partial charge in [-0.2, -0.15) is 5.10 Å². The molecule has 0 fully saturated rings. The molecule has 2 aromatic carbocycles. The van der Waals surface area contributed by atoms with Gasteiger partial charge in [-0.3, -0.25) is 4.72 Å². The van der Waals surface area contributed by atoms with Crippen LogP contribution in [-0.2, 0) is 10.0 Å². The van der Waals surface area contributed by atoms with Crippen molar-refractivity contribution < 1.29 is 21.6 Å². The molecular formula is C24H16F3N7O2S2. The number of sulfonamides is 1. The van der Waals surface area contributed by atoms with Crippen LogP contribution in [0.3, 0.4) is 0 Å². The molecule has 3 heterocycles.